The van der Waals surface area contributed by atoms with E-state index >= 15 is 0 Å². The second kappa shape index (κ2) is 13.1. The van der Waals surface area contributed by atoms with Crippen LogP contribution >= 0.6 is 0 Å². The molecule has 1 saturated carbocycles. The number of benzene rings is 3. The van der Waals surface area contributed by atoms with Crippen molar-refractivity contribution in [1.29, 1.82) is 0 Å². The first-order valence-corrected chi connectivity index (χ1v) is 14.5. The molecule has 3 aromatic carbocycles. The van der Waals surface area contributed by atoms with E-state index in [1.165, 1.54) is 12.1 Å². The van der Waals surface area contributed by atoms with Crippen molar-refractivity contribution in [1.82, 2.24) is 10.2 Å². The van der Waals surface area contributed by atoms with E-state index in [2.05, 4.69) is 17.6 Å². The molecule has 0 aromatic heterocycles. The Kier molecular flexibility index (Phi) is 9.55. The van der Waals surface area contributed by atoms with Gasteiger partial charge in [0.05, 0.1) is 0 Å². The highest BCUT2D eigenvalue weighted by atomic mass is 16.6. The fraction of sp³-hybridized carbons (Fsp3) is 0.382. The van der Waals surface area contributed by atoms with Gasteiger partial charge in [0.2, 0.25) is 5.91 Å². The minimum absolute atomic E-state index is 0.102. The molecule has 2 atom stereocenters. The van der Waals surface area contributed by atoms with Gasteiger partial charge in [-0.1, -0.05) is 61.5 Å². The molecule has 4 rings (SSSR count). The van der Waals surface area contributed by atoms with Crippen LogP contribution in [0, 0.1) is 6.92 Å². The van der Waals surface area contributed by atoms with Crippen LogP contribution in [0.1, 0.15) is 68.8 Å². The first kappa shape index (κ1) is 30.6. The number of nitrogens with one attached hydrogen (secondary N) is 2. The summed E-state index contributed by atoms with van der Waals surface area (Å²) in [6, 6.07) is 19.7. The number of phenolic OH excluding ortho intramolecular Hbond substituents is 1. The molecule has 0 bridgehead atoms. The smallest absolute Gasteiger partial charge is 0.408 e. The quantitative estimate of drug-likeness (QED) is 0.274. The Labute approximate surface area is 248 Å². The SMILES string of the molecule is CCc1ccc(C(C(=O)Nc2ccccc2C)N(C(=O)C(Cc2ccc(O)cc2)NC(=O)OC(C)(C)C)C2CC2)cc1. The zero-order chi connectivity index (χ0) is 30.4. The molecule has 1 aliphatic rings. The van der Waals surface area contributed by atoms with Gasteiger partial charge in [0.25, 0.3) is 5.91 Å². The summed E-state index contributed by atoms with van der Waals surface area (Å²) in [4.78, 5) is 43.1. The van der Waals surface area contributed by atoms with Crippen molar-refractivity contribution < 1.29 is 24.2 Å². The van der Waals surface area contributed by atoms with Crippen molar-refractivity contribution in [2.45, 2.75) is 84.0 Å². The van der Waals surface area contributed by atoms with Gasteiger partial charge in [-0.25, -0.2) is 4.79 Å². The number of alkyl carbamates (subject to hydrolysis) is 1. The average Bonchev–Trinajstić information content (AvgIpc) is 3.78. The molecular formula is C34H41N3O5. The molecule has 1 aliphatic carbocycles. The number of phenols is 1. The summed E-state index contributed by atoms with van der Waals surface area (Å²) in [5, 5.41) is 15.6. The molecule has 222 valence electrons. The number of aromatic hydroxyl groups is 1. The van der Waals surface area contributed by atoms with Crippen LogP contribution in [0.4, 0.5) is 10.5 Å². The predicted octanol–water partition coefficient (Wildman–Crippen LogP) is 6.07. The van der Waals surface area contributed by atoms with E-state index < -0.39 is 23.8 Å². The Morgan fingerprint density at radius 1 is 0.952 bits per heavy atom. The molecule has 8 nitrogen and oxygen atoms in total. The summed E-state index contributed by atoms with van der Waals surface area (Å²) >= 11 is 0. The van der Waals surface area contributed by atoms with Crippen LogP contribution in [0.15, 0.2) is 72.8 Å². The Balaban J connectivity index is 1.73. The van der Waals surface area contributed by atoms with E-state index in [4.69, 9.17) is 4.74 Å². The molecule has 0 heterocycles. The predicted molar refractivity (Wildman–Crippen MR) is 163 cm³/mol. The fourth-order valence-electron chi connectivity index (χ4n) is 4.86. The van der Waals surface area contributed by atoms with Crippen LogP contribution in [0.25, 0.3) is 0 Å². The van der Waals surface area contributed by atoms with E-state index in [-0.39, 0.29) is 30.0 Å². The highest BCUT2D eigenvalue weighted by Crippen LogP contribution is 2.37. The van der Waals surface area contributed by atoms with Gasteiger partial charge in [-0.05, 0) is 87.4 Å². The van der Waals surface area contributed by atoms with Gasteiger partial charge in [0, 0.05) is 18.2 Å². The van der Waals surface area contributed by atoms with Gasteiger partial charge in [0.15, 0.2) is 0 Å². The Bertz CT molecular complexity index is 1390. The van der Waals surface area contributed by atoms with Crippen LogP contribution in [-0.4, -0.2) is 45.6 Å². The van der Waals surface area contributed by atoms with E-state index in [0.717, 1.165) is 36.0 Å². The number of amides is 3. The maximum Gasteiger partial charge on any atom is 0.408 e. The van der Waals surface area contributed by atoms with Crippen LogP contribution < -0.4 is 10.6 Å². The van der Waals surface area contributed by atoms with Crippen LogP contribution in [0.5, 0.6) is 5.75 Å². The van der Waals surface area contributed by atoms with E-state index in [1.54, 1.807) is 37.8 Å². The van der Waals surface area contributed by atoms with Gasteiger partial charge < -0.3 is 25.4 Å². The number of carbonyl (C=O) groups is 3. The second-order valence-corrected chi connectivity index (χ2v) is 11.8. The zero-order valence-corrected chi connectivity index (χ0v) is 25.0. The Morgan fingerprint density at radius 3 is 2.14 bits per heavy atom. The summed E-state index contributed by atoms with van der Waals surface area (Å²) in [6.45, 7) is 9.25. The number of hydrogen-bond acceptors (Lipinski definition) is 5. The van der Waals surface area contributed by atoms with Gasteiger partial charge >= 0.3 is 6.09 Å². The summed E-state index contributed by atoms with van der Waals surface area (Å²) < 4.78 is 5.50. The summed E-state index contributed by atoms with van der Waals surface area (Å²) in [6.07, 6.45) is 1.79. The Hall–Kier alpha value is -4.33. The molecule has 2 unspecified atom stereocenters. The summed E-state index contributed by atoms with van der Waals surface area (Å²) in [5.74, 6) is -0.597. The van der Waals surface area contributed by atoms with Gasteiger partial charge in [-0.2, -0.15) is 0 Å². The molecule has 0 spiro atoms. The van der Waals surface area contributed by atoms with E-state index in [1.807, 2.05) is 55.5 Å². The van der Waals surface area contributed by atoms with Crippen molar-refractivity contribution in [3.63, 3.8) is 0 Å². The lowest BCUT2D eigenvalue weighted by atomic mass is 9.98. The summed E-state index contributed by atoms with van der Waals surface area (Å²) in [7, 11) is 0. The highest BCUT2D eigenvalue weighted by molar-refractivity contribution is 5.99. The van der Waals surface area contributed by atoms with Crippen molar-refractivity contribution in [3.8, 4) is 5.75 Å². The lowest BCUT2D eigenvalue weighted by Crippen LogP contribution is -2.54. The van der Waals surface area contributed by atoms with Crippen molar-refractivity contribution >= 4 is 23.6 Å². The monoisotopic (exact) mass is 571 g/mol. The molecule has 1 fully saturated rings. The normalized spacial score (nSPS) is 14.4. The molecule has 0 radical (unpaired) electrons. The topological polar surface area (TPSA) is 108 Å². The van der Waals surface area contributed by atoms with E-state index in [0.29, 0.717) is 11.3 Å². The molecule has 0 aliphatic heterocycles. The standard InChI is InChI=1S/C34H41N3O5/c1-6-23-11-15-25(16-12-23)30(31(39)35-28-10-8-7-9-22(28)2)37(26-17-18-26)32(40)29(36-33(41)42-34(3,4)5)21-24-13-19-27(38)20-14-24/h7-16,19-20,26,29-30,38H,6,17-18,21H2,1-5H3,(H,35,39)(H,36,41). The van der Waals surface area contributed by atoms with Crippen molar-refractivity contribution in [2.75, 3.05) is 5.32 Å². The fourth-order valence-corrected chi connectivity index (χ4v) is 4.86. The lowest BCUT2D eigenvalue weighted by Gasteiger charge is -2.35. The number of para-hydroxylation sites is 1. The van der Waals surface area contributed by atoms with Crippen LogP contribution in [-0.2, 0) is 27.2 Å². The van der Waals surface area contributed by atoms with Crippen LogP contribution in [0.3, 0.4) is 0 Å². The van der Waals surface area contributed by atoms with E-state index in [9.17, 15) is 19.5 Å². The second-order valence-electron chi connectivity index (χ2n) is 11.8. The lowest BCUT2D eigenvalue weighted by molar-refractivity contribution is -0.141. The molecule has 42 heavy (non-hydrogen) atoms. The molecule has 3 N–H and O–H groups in total. The van der Waals surface area contributed by atoms with Crippen molar-refractivity contribution in [2.24, 2.45) is 0 Å². The first-order chi connectivity index (χ1) is 19.9. The largest absolute Gasteiger partial charge is 0.508 e. The third kappa shape index (κ3) is 8.12. The Morgan fingerprint density at radius 2 is 1.57 bits per heavy atom. The first-order valence-electron chi connectivity index (χ1n) is 14.5. The molecular weight excluding hydrogens is 530 g/mol. The zero-order valence-electron chi connectivity index (χ0n) is 25.0. The number of carbonyl (C=O) groups excluding carboxylic acids is 3. The third-order valence-electron chi connectivity index (χ3n) is 7.19. The minimum Gasteiger partial charge on any atom is -0.508 e. The van der Waals surface area contributed by atoms with Gasteiger partial charge in [-0.3, -0.25) is 9.59 Å². The van der Waals surface area contributed by atoms with Crippen LogP contribution in [0.2, 0.25) is 0 Å². The molecule has 3 amide bonds. The third-order valence-corrected chi connectivity index (χ3v) is 7.19. The van der Waals surface area contributed by atoms with Crippen molar-refractivity contribution in [3.05, 3.63) is 95.1 Å². The van der Waals surface area contributed by atoms with Gasteiger partial charge in [0.1, 0.15) is 23.4 Å². The number of anilines is 1. The number of hydrogen-bond donors (Lipinski definition) is 3. The molecule has 3 aromatic rings. The maximum atomic E-state index is 14.5. The number of aryl methyl sites for hydroxylation is 2. The number of ether oxygens (including phenoxy) is 1. The molecule has 8 heteroatoms. The highest BCUT2D eigenvalue weighted by Gasteiger charge is 2.44. The summed E-state index contributed by atoms with van der Waals surface area (Å²) in [5.41, 5.74) is 3.38. The molecule has 0 saturated heterocycles. The number of nitrogens with zero attached hydrogens (tertiary/aromatic N) is 1. The average molecular weight is 572 g/mol. The maximum absolute atomic E-state index is 14.5. The van der Waals surface area contributed by atoms with Gasteiger partial charge in [-0.15, -0.1) is 0 Å². The number of rotatable bonds is 10. The minimum atomic E-state index is -1.01.